The normalized spacial score (nSPS) is 60.9. The van der Waals surface area contributed by atoms with Crippen LogP contribution in [-0.4, -0.2) is 110 Å². The number of nitrogens with zero attached hydrogens (tertiary/aromatic N) is 1. The van der Waals surface area contributed by atoms with Gasteiger partial charge >= 0.3 is 0 Å². The van der Waals surface area contributed by atoms with E-state index < -0.39 is 28.8 Å². The predicted octanol–water partition coefficient (Wildman–Crippen LogP) is 0.271. The van der Waals surface area contributed by atoms with Crippen molar-refractivity contribution in [3.8, 4) is 0 Å². The van der Waals surface area contributed by atoms with Crippen LogP contribution in [-0.2, 0) is 18.9 Å². The Bertz CT molecular complexity index is 814. The van der Waals surface area contributed by atoms with E-state index >= 15 is 0 Å². The van der Waals surface area contributed by atoms with Crippen LogP contribution in [0, 0.1) is 34.5 Å². The molecule has 8 nitrogen and oxygen atoms in total. The predicted molar refractivity (Wildman–Crippen MR) is 119 cm³/mol. The maximum Gasteiger partial charge on any atom is 0.136 e. The number of rotatable bonds is 6. The third-order valence-electron chi connectivity index (χ3n) is 11.5. The summed E-state index contributed by atoms with van der Waals surface area (Å²) < 4.78 is 24.0. The Morgan fingerprint density at radius 3 is 2.42 bits per heavy atom. The number of likely N-dealkylation sites (tertiary alicyclic amines) is 1. The van der Waals surface area contributed by atoms with Crippen molar-refractivity contribution in [3.05, 3.63) is 0 Å². The second kappa shape index (κ2) is 7.13. The van der Waals surface area contributed by atoms with Gasteiger partial charge in [-0.1, -0.05) is 6.92 Å². The quantitative estimate of drug-likeness (QED) is 0.512. The Morgan fingerprint density at radius 1 is 1.06 bits per heavy atom. The minimum Gasteiger partial charge on any atom is -0.392 e. The fourth-order valence-corrected chi connectivity index (χ4v) is 11.0. The molecule has 0 aromatic heterocycles. The minimum atomic E-state index is -1.55. The molecule has 1 saturated heterocycles. The molecule has 6 aliphatic rings. The number of piperidine rings is 1. The fourth-order valence-electron chi connectivity index (χ4n) is 11.0. The van der Waals surface area contributed by atoms with Crippen LogP contribution in [0.2, 0.25) is 0 Å². The summed E-state index contributed by atoms with van der Waals surface area (Å²) in [5.41, 5.74) is -3.82. The maximum atomic E-state index is 12.9. The molecule has 1 heterocycles. The largest absolute Gasteiger partial charge is 0.392 e. The monoisotopic (exact) mass is 467 g/mol. The Morgan fingerprint density at radius 2 is 1.82 bits per heavy atom. The molecule has 8 heteroatoms. The van der Waals surface area contributed by atoms with Gasteiger partial charge in [-0.2, -0.15) is 0 Å². The van der Waals surface area contributed by atoms with E-state index in [1.807, 2.05) is 0 Å². The summed E-state index contributed by atoms with van der Waals surface area (Å²) in [5.74, 6) is -0.231. The Balaban J connectivity index is 1.67. The van der Waals surface area contributed by atoms with Gasteiger partial charge in [0.2, 0.25) is 0 Å². The number of hydrogen-bond donors (Lipinski definition) is 3. The zero-order chi connectivity index (χ0) is 23.6. The van der Waals surface area contributed by atoms with Crippen molar-refractivity contribution in [3.63, 3.8) is 0 Å². The van der Waals surface area contributed by atoms with Crippen LogP contribution in [0.4, 0.5) is 0 Å². The lowest BCUT2D eigenvalue weighted by molar-refractivity contribution is -0.318. The summed E-state index contributed by atoms with van der Waals surface area (Å²) in [5, 5.41) is 37.6. The van der Waals surface area contributed by atoms with Crippen LogP contribution in [0.5, 0.6) is 0 Å². The molecule has 6 rings (SSSR count). The summed E-state index contributed by atoms with van der Waals surface area (Å²) in [6.07, 6.45) is 1.06. The van der Waals surface area contributed by atoms with Crippen molar-refractivity contribution < 1.29 is 34.3 Å². The highest BCUT2D eigenvalue weighted by atomic mass is 16.5. The van der Waals surface area contributed by atoms with Crippen LogP contribution < -0.4 is 0 Å². The summed E-state index contributed by atoms with van der Waals surface area (Å²) in [6.45, 7) is 4.18. The molecule has 0 radical (unpaired) electrons. The van der Waals surface area contributed by atoms with Crippen molar-refractivity contribution in [2.75, 3.05) is 48.1 Å². The summed E-state index contributed by atoms with van der Waals surface area (Å²) in [4.78, 5) is 2.33. The highest BCUT2D eigenvalue weighted by Gasteiger charge is 2.91. The molecule has 1 aliphatic heterocycles. The second-order valence-electron chi connectivity index (χ2n) is 11.9. The average Bonchev–Trinajstić information content (AvgIpc) is 3.22. The van der Waals surface area contributed by atoms with E-state index in [9.17, 15) is 15.3 Å². The van der Waals surface area contributed by atoms with Gasteiger partial charge < -0.3 is 34.3 Å². The van der Waals surface area contributed by atoms with E-state index in [1.165, 1.54) is 0 Å². The molecule has 0 aromatic carbocycles. The number of methoxy groups -OCH3 is 4. The molecule has 0 amide bonds. The van der Waals surface area contributed by atoms with Gasteiger partial charge in [0.05, 0.1) is 37.1 Å². The van der Waals surface area contributed by atoms with Crippen LogP contribution in [0.25, 0.3) is 0 Å². The van der Waals surface area contributed by atoms with Gasteiger partial charge in [0.25, 0.3) is 0 Å². The number of hydrogen-bond acceptors (Lipinski definition) is 8. The molecule has 13 atom stereocenters. The van der Waals surface area contributed by atoms with Gasteiger partial charge in [-0.15, -0.1) is 0 Å². The molecular weight excluding hydrogens is 426 g/mol. The van der Waals surface area contributed by atoms with E-state index in [-0.39, 0.29) is 47.3 Å². The maximum absolute atomic E-state index is 12.9. The van der Waals surface area contributed by atoms with Gasteiger partial charge in [-0.25, -0.2) is 0 Å². The van der Waals surface area contributed by atoms with E-state index in [4.69, 9.17) is 18.9 Å². The van der Waals surface area contributed by atoms with Crippen LogP contribution in [0.1, 0.15) is 32.6 Å². The molecule has 3 unspecified atom stereocenters. The van der Waals surface area contributed by atoms with Crippen molar-refractivity contribution in [1.82, 2.24) is 4.90 Å². The molecule has 3 N–H and O–H groups in total. The zero-order valence-corrected chi connectivity index (χ0v) is 20.6. The molecular formula is C25H41NO7. The molecule has 188 valence electrons. The van der Waals surface area contributed by atoms with Crippen molar-refractivity contribution in [1.29, 1.82) is 0 Å². The third-order valence-corrected chi connectivity index (χ3v) is 11.5. The van der Waals surface area contributed by atoms with E-state index in [2.05, 4.69) is 11.8 Å². The van der Waals surface area contributed by atoms with Crippen LogP contribution in [0.3, 0.4) is 0 Å². The van der Waals surface area contributed by atoms with Crippen molar-refractivity contribution in [2.45, 2.75) is 74.3 Å². The van der Waals surface area contributed by atoms with E-state index in [1.54, 1.807) is 28.4 Å². The first kappa shape index (κ1) is 23.1. The Kier molecular flexibility index (Phi) is 4.99. The van der Waals surface area contributed by atoms with Crippen molar-refractivity contribution in [2.24, 2.45) is 34.5 Å². The summed E-state index contributed by atoms with van der Waals surface area (Å²) in [6, 6.07) is -0.386. The number of likely N-dealkylation sites (N-methyl/N-ethyl adjacent to an activating group) is 1. The summed E-state index contributed by atoms with van der Waals surface area (Å²) >= 11 is 0. The number of ether oxygens (including phenoxy) is 4. The van der Waals surface area contributed by atoms with Gasteiger partial charge in [-0.05, 0) is 31.7 Å². The minimum absolute atomic E-state index is 0.00825. The van der Waals surface area contributed by atoms with Gasteiger partial charge in [0.1, 0.15) is 11.2 Å². The summed E-state index contributed by atoms with van der Waals surface area (Å²) in [7, 11) is 6.79. The lowest BCUT2D eigenvalue weighted by atomic mass is 9.42. The van der Waals surface area contributed by atoms with Crippen LogP contribution in [0.15, 0.2) is 0 Å². The highest BCUT2D eigenvalue weighted by Crippen LogP contribution is 2.80. The molecule has 5 aliphatic carbocycles. The highest BCUT2D eigenvalue weighted by molar-refractivity contribution is 5.41. The standard InChI is InChI=1S/C25H41NO7/c1-6-26-11-22(12-30-2)8-7-16(27)24-14-9-13-15(31-3)10-23(28,17(14)18(13)32-4)25(29,21(24)26)20(33-5)19(22)24/h13-21,27-29H,6-12H2,1-5H3/t13-,14?,15+,16+,17?,18+,19?,20+,21-,22+,23-,24+,25+/m1/s1. The first-order valence-corrected chi connectivity index (χ1v) is 12.7. The van der Waals surface area contributed by atoms with Gasteiger partial charge in [-0.3, -0.25) is 4.90 Å². The smallest absolute Gasteiger partial charge is 0.136 e. The fraction of sp³-hybridized carbons (Fsp3) is 1.00. The molecule has 7 bridgehead atoms. The van der Waals surface area contributed by atoms with E-state index in [0.29, 0.717) is 19.4 Å². The SMILES string of the molecule is CCN1C[C@]2(COC)CC[C@H](O)[C@]34C5C[C@@H]6[C@@H](OC)C[C@@](O)(C5[C@H]6OC)[C@@](O)([C@H]13)[C@@H](OC)C24. The third kappa shape index (κ3) is 2.20. The van der Waals surface area contributed by atoms with Gasteiger partial charge in [0.15, 0.2) is 0 Å². The zero-order valence-electron chi connectivity index (χ0n) is 20.6. The molecule has 6 fully saturated rings. The molecule has 33 heavy (non-hydrogen) atoms. The Hall–Kier alpha value is -0.320. The first-order chi connectivity index (χ1) is 15.8. The first-order valence-electron chi connectivity index (χ1n) is 12.7. The Labute approximate surface area is 196 Å². The second-order valence-corrected chi connectivity index (χ2v) is 11.9. The van der Waals surface area contributed by atoms with Crippen molar-refractivity contribution >= 4 is 0 Å². The average molecular weight is 468 g/mol. The van der Waals surface area contributed by atoms with Crippen LogP contribution >= 0.6 is 0 Å². The lowest BCUT2D eigenvalue weighted by Crippen LogP contribution is -2.82. The van der Waals surface area contributed by atoms with Gasteiger partial charge in [0, 0.05) is 70.0 Å². The van der Waals surface area contributed by atoms with E-state index in [0.717, 1.165) is 25.9 Å². The lowest BCUT2D eigenvalue weighted by Gasteiger charge is -2.69. The number of aliphatic hydroxyl groups excluding tert-OH is 1. The number of fused-ring (bicyclic) bond motifs is 2. The topological polar surface area (TPSA) is 101 Å². The molecule has 1 spiro atoms. The molecule has 0 aromatic rings. The molecule has 5 saturated carbocycles. The number of aliphatic hydroxyl groups is 3.